The SMILES string of the molecule is CC1=NN=C(c2ccc(CN(C=O)c3ccccc3)c(F)c2)C1.CNCCN1CCCN(C(C)=O)CC1. The maximum atomic E-state index is 14.4. The van der Waals surface area contributed by atoms with E-state index in [9.17, 15) is 14.0 Å². The minimum Gasteiger partial charge on any atom is -0.342 e. The fraction of sp³-hybridized carbons (Fsp3) is 0.429. The molecular weight excluding hydrogens is 471 g/mol. The number of likely N-dealkylation sites (N-methyl/N-ethyl adjacent to an activating group) is 1. The van der Waals surface area contributed by atoms with Crippen molar-refractivity contribution in [3.8, 4) is 0 Å². The van der Waals surface area contributed by atoms with Crippen LogP contribution in [-0.2, 0) is 16.1 Å². The van der Waals surface area contributed by atoms with Gasteiger partial charge in [0.2, 0.25) is 12.3 Å². The molecule has 1 N–H and O–H groups in total. The number of anilines is 1. The average molecular weight is 509 g/mol. The number of amides is 2. The Morgan fingerprint density at radius 3 is 2.51 bits per heavy atom. The second kappa shape index (κ2) is 14.3. The smallest absolute Gasteiger partial charge is 0.219 e. The number of para-hydroxylation sites is 1. The molecule has 4 rings (SSSR count). The predicted molar refractivity (Wildman–Crippen MR) is 147 cm³/mol. The Hall–Kier alpha value is -3.43. The van der Waals surface area contributed by atoms with Gasteiger partial charge >= 0.3 is 0 Å². The predicted octanol–water partition coefficient (Wildman–Crippen LogP) is 3.32. The Morgan fingerprint density at radius 1 is 1.11 bits per heavy atom. The van der Waals surface area contributed by atoms with Crippen molar-refractivity contribution >= 4 is 29.4 Å². The molecule has 1 fully saturated rings. The van der Waals surface area contributed by atoms with Gasteiger partial charge in [-0.25, -0.2) is 4.39 Å². The van der Waals surface area contributed by atoms with Gasteiger partial charge in [0.25, 0.3) is 0 Å². The second-order valence-electron chi connectivity index (χ2n) is 9.24. The van der Waals surface area contributed by atoms with Crippen LogP contribution in [0.2, 0.25) is 0 Å². The first-order valence-corrected chi connectivity index (χ1v) is 12.7. The summed E-state index contributed by atoms with van der Waals surface area (Å²) in [5.74, 6) is -0.141. The molecule has 2 aliphatic heterocycles. The number of halogens is 1. The van der Waals surface area contributed by atoms with Crippen LogP contribution in [0.5, 0.6) is 0 Å². The summed E-state index contributed by atoms with van der Waals surface area (Å²) in [4.78, 5) is 28.3. The van der Waals surface area contributed by atoms with Crippen molar-refractivity contribution in [1.82, 2.24) is 15.1 Å². The van der Waals surface area contributed by atoms with Gasteiger partial charge in [0.05, 0.1) is 12.3 Å². The lowest BCUT2D eigenvalue weighted by molar-refractivity contribution is -0.128. The molecule has 37 heavy (non-hydrogen) atoms. The Morgan fingerprint density at radius 2 is 1.89 bits per heavy atom. The van der Waals surface area contributed by atoms with E-state index in [1.54, 1.807) is 13.0 Å². The summed E-state index contributed by atoms with van der Waals surface area (Å²) in [5, 5.41) is 11.2. The molecule has 198 valence electrons. The fourth-order valence-corrected chi connectivity index (χ4v) is 4.25. The highest BCUT2D eigenvalue weighted by Crippen LogP contribution is 2.20. The molecule has 2 aromatic rings. The normalized spacial score (nSPS) is 15.7. The first kappa shape index (κ1) is 28.1. The van der Waals surface area contributed by atoms with Crippen LogP contribution in [0.1, 0.15) is 37.8 Å². The molecule has 2 heterocycles. The average Bonchev–Trinajstić information content (AvgIpc) is 3.20. The summed E-state index contributed by atoms with van der Waals surface area (Å²) in [7, 11) is 1.97. The molecular formula is C28H37FN6O2. The highest BCUT2D eigenvalue weighted by molar-refractivity contribution is 6.14. The summed E-state index contributed by atoms with van der Waals surface area (Å²) in [5.41, 5.74) is 3.60. The Bertz CT molecular complexity index is 1110. The zero-order valence-corrected chi connectivity index (χ0v) is 22.0. The summed E-state index contributed by atoms with van der Waals surface area (Å²) in [6.07, 6.45) is 2.45. The largest absolute Gasteiger partial charge is 0.342 e. The Labute approximate surface area is 218 Å². The van der Waals surface area contributed by atoms with Crippen molar-refractivity contribution in [3.63, 3.8) is 0 Å². The van der Waals surface area contributed by atoms with Crippen LogP contribution in [0.15, 0.2) is 58.7 Å². The lowest BCUT2D eigenvalue weighted by atomic mass is 10.0. The fourth-order valence-electron chi connectivity index (χ4n) is 4.25. The zero-order chi connectivity index (χ0) is 26.6. The first-order chi connectivity index (χ1) is 17.9. The van der Waals surface area contributed by atoms with Crippen molar-refractivity contribution in [2.24, 2.45) is 10.2 Å². The van der Waals surface area contributed by atoms with E-state index in [0.717, 1.165) is 68.4 Å². The summed E-state index contributed by atoms with van der Waals surface area (Å²) >= 11 is 0. The van der Waals surface area contributed by atoms with E-state index in [4.69, 9.17) is 0 Å². The molecule has 0 bridgehead atoms. The standard InChI is InChI=1S/C18H16FN3O.C10H21N3O/c1-13-9-18(21-20-13)14-7-8-15(17(19)10-14)11-22(12-23)16-5-3-2-4-6-16;1-10(14)13-6-3-5-12(8-9-13)7-4-11-2/h2-8,10,12H,9,11H2,1H3;11H,3-9H2,1-2H3. The number of nitrogens with one attached hydrogen (secondary N) is 1. The number of benzene rings is 2. The molecule has 2 amide bonds. The molecule has 9 heteroatoms. The van der Waals surface area contributed by atoms with Gasteiger partial charge < -0.3 is 20.0 Å². The number of carbonyl (C=O) groups excluding carboxylic acids is 2. The van der Waals surface area contributed by atoms with Crippen molar-refractivity contribution in [1.29, 1.82) is 0 Å². The molecule has 2 aromatic carbocycles. The number of carbonyl (C=O) groups is 2. The van der Waals surface area contributed by atoms with Gasteiger partial charge in [-0.2, -0.15) is 10.2 Å². The molecule has 0 atom stereocenters. The van der Waals surface area contributed by atoms with E-state index < -0.39 is 0 Å². The van der Waals surface area contributed by atoms with Gasteiger partial charge in [-0.15, -0.1) is 0 Å². The molecule has 0 aliphatic carbocycles. The van der Waals surface area contributed by atoms with E-state index in [2.05, 4.69) is 20.4 Å². The lowest BCUT2D eigenvalue weighted by Crippen LogP contribution is -2.36. The molecule has 8 nitrogen and oxygen atoms in total. The van der Waals surface area contributed by atoms with Crippen LogP contribution in [0, 0.1) is 5.82 Å². The Balaban J connectivity index is 0.000000233. The van der Waals surface area contributed by atoms with Crippen LogP contribution < -0.4 is 10.2 Å². The number of hydrogen-bond acceptors (Lipinski definition) is 6. The monoisotopic (exact) mass is 508 g/mol. The molecule has 1 saturated heterocycles. The van der Waals surface area contributed by atoms with Crippen molar-refractivity contribution in [2.45, 2.75) is 33.2 Å². The van der Waals surface area contributed by atoms with Gasteiger partial charge in [0.1, 0.15) is 5.82 Å². The first-order valence-electron chi connectivity index (χ1n) is 12.7. The van der Waals surface area contributed by atoms with E-state index >= 15 is 0 Å². The number of hydrogen-bond donors (Lipinski definition) is 1. The maximum absolute atomic E-state index is 14.4. The number of nitrogens with zero attached hydrogens (tertiary/aromatic N) is 5. The van der Waals surface area contributed by atoms with Gasteiger partial charge in [-0.3, -0.25) is 9.59 Å². The summed E-state index contributed by atoms with van der Waals surface area (Å²) < 4.78 is 14.4. The van der Waals surface area contributed by atoms with Crippen LogP contribution in [0.3, 0.4) is 0 Å². The van der Waals surface area contributed by atoms with Crippen LogP contribution in [-0.4, -0.2) is 79.9 Å². The lowest BCUT2D eigenvalue weighted by Gasteiger charge is -2.20. The van der Waals surface area contributed by atoms with E-state index in [-0.39, 0.29) is 18.3 Å². The van der Waals surface area contributed by atoms with Gasteiger partial charge in [-0.05, 0) is 45.1 Å². The topological polar surface area (TPSA) is 80.6 Å². The molecule has 2 aliphatic rings. The minimum atomic E-state index is -0.350. The third-order valence-electron chi connectivity index (χ3n) is 6.42. The van der Waals surface area contributed by atoms with Crippen molar-refractivity contribution in [3.05, 3.63) is 65.5 Å². The van der Waals surface area contributed by atoms with E-state index in [1.165, 1.54) is 11.0 Å². The molecule has 0 saturated carbocycles. The molecule has 0 spiro atoms. The third-order valence-corrected chi connectivity index (χ3v) is 6.42. The van der Waals surface area contributed by atoms with Gasteiger partial charge in [0, 0.05) is 68.6 Å². The van der Waals surface area contributed by atoms with Crippen LogP contribution in [0.4, 0.5) is 10.1 Å². The van der Waals surface area contributed by atoms with Gasteiger partial charge in [-0.1, -0.05) is 30.3 Å². The Kier molecular flexibility index (Phi) is 10.9. The third kappa shape index (κ3) is 8.58. The van der Waals surface area contributed by atoms with Crippen LogP contribution in [0.25, 0.3) is 0 Å². The number of rotatable bonds is 8. The van der Waals surface area contributed by atoms with Crippen LogP contribution >= 0.6 is 0 Å². The quantitative estimate of drug-likeness (QED) is 0.555. The highest BCUT2D eigenvalue weighted by Gasteiger charge is 2.16. The van der Waals surface area contributed by atoms with Crippen molar-refractivity contribution in [2.75, 3.05) is 51.2 Å². The summed E-state index contributed by atoms with van der Waals surface area (Å²) in [6.45, 7) is 9.79. The summed E-state index contributed by atoms with van der Waals surface area (Å²) in [6, 6.07) is 14.1. The van der Waals surface area contributed by atoms with Gasteiger partial charge in [0.15, 0.2) is 0 Å². The van der Waals surface area contributed by atoms with E-state index in [0.29, 0.717) is 18.4 Å². The van der Waals surface area contributed by atoms with Crippen molar-refractivity contribution < 1.29 is 14.0 Å². The van der Waals surface area contributed by atoms with E-state index in [1.807, 2.05) is 55.3 Å². The molecule has 0 radical (unpaired) electrons. The molecule has 0 unspecified atom stereocenters. The second-order valence-corrected chi connectivity index (χ2v) is 9.24. The highest BCUT2D eigenvalue weighted by atomic mass is 19.1. The zero-order valence-electron chi connectivity index (χ0n) is 22.0. The maximum Gasteiger partial charge on any atom is 0.219 e. The minimum absolute atomic E-state index is 0.182. The molecule has 0 aromatic heterocycles.